The molecule has 0 nitrogen and oxygen atoms in total. The van der Waals surface area contributed by atoms with Crippen molar-refractivity contribution < 1.29 is 0 Å². The Morgan fingerprint density at radius 2 is 1.82 bits per heavy atom. The topological polar surface area (TPSA) is 0 Å². The monoisotopic (exact) mass is 164 g/mol. The molecular weight excluding hydrogens is 152 g/mol. The van der Waals surface area contributed by atoms with Crippen LogP contribution >= 0.6 is 12.6 Å². The Bertz CT molecular complexity index is 257. The van der Waals surface area contributed by atoms with E-state index in [1.54, 1.807) is 0 Å². The molecule has 0 radical (unpaired) electrons. The lowest BCUT2D eigenvalue weighted by atomic mass is 10.1. The molecule has 0 atom stereocenters. The number of rotatable bonds is 1. The second kappa shape index (κ2) is 3.63. The zero-order chi connectivity index (χ0) is 8.27. The number of hydrogen-bond donors (Lipinski definition) is 1. The fraction of sp³-hybridized carbons (Fsp3) is 0.200. The standard InChI is InChI=1S/C10H12S/c1-3-10(11)9-6-4-8(2)5-7-9/h3-7,11H,1-2H3/b10-3-. The molecule has 0 bridgehead atoms. The SMILES string of the molecule is C/C=C(\S)c1ccc(C)cc1. The van der Waals surface area contributed by atoms with E-state index in [-0.39, 0.29) is 0 Å². The summed E-state index contributed by atoms with van der Waals surface area (Å²) in [5, 5.41) is 0. The van der Waals surface area contributed by atoms with Gasteiger partial charge in [-0.2, -0.15) is 0 Å². The van der Waals surface area contributed by atoms with E-state index in [2.05, 4.69) is 43.8 Å². The van der Waals surface area contributed by atoms with Gasteiger partial charge in [-0.15, -0.1) is 12.6 Å². The quantitative estimate of drug-likeness (QED) is 0.605. The van der Waals surface area contributed by atoms with E-state index in [9.17, 15) is 0 Å². The Labute approximate surface area is 73.4 Å². The van der Waals surface area contributed by atoms with Gasteiger partial charge in [0.15, 0.2) is 0 Å². The zero-order valence-corrected chi connectivity index (χ0v) is 7.73. The molecule has 0 saturated heterocycles. The van der Waals surface area contributed by atoms with Crippen LogP contribution in [0.3, 0.4) is 0 Å². The van der Waals surface area contributed by atoms with Gasteiger partial charge in [-0.1, -0.05) is 35.9 Å². The molecule has 11 heavy (non-hydrogen) atoms. The van der Waals surface area contributed by atoms with Crippen molar-refractivity contribution in [1.29, 1.82) is 0 Å². The van der Waals surface area contributed by atoms with Crippen LogP contribution in [0.2, 0.25) is 0 Å². The van der Waals surface area contributed by atoms with Gasteiger partial charge in [-0.25, -0.2) is 0 Å². The minimum Gasteiger partial charge on any atom is -0.143 e. The highest BCUT2D eigenvalue weighted by molar-refractivity contribution is 7.90. The van der Waals surface area contributed by atoms with E-state index < -0.39 is 0 Å². The number of benzene rings is 1. The normalized spacial score (nSPS) is 11.7. The molecule has 1 heteroatoms. The third-order valence-electron chi connectivity index (χ3n) is 1.62. The van der Waals surface area contributed by atoms with Crippen LogP contribution in [-0.4, -0.2) is 0 Å². The summed E-state index contributed by atoms with van der Waals surface area (Å²) in [5.74, 6) is 0. The smallest absolute Gasteiger partial charge is 0.00697 e. The first-order chi connectivity index (χ1) is 5.24. The maximum absolute atomic E-state index is 4.31. The van der Waals surface area contributed by atoms with Crippen LogP contribution in [-0.2, 0) is 0 Å². The number of hydrogen-bond acceptors (Lipinski definition) is 1. The predicted octanol–water partition coefficient (Wildman–Crippen LogP) is 3.29. The van der Waals surface area contributed by atoms with Crippen LogP contribution in [0.5, 0.6) is 0 Å². The van der Waals surface area contributed by atoms with Crippen molar-refractivity contribution in [2.75, 3.05) is 0 Å². The van der Waals surface area contributed by atoms with Gasteiger partial charge in [0, 0.05) is 4.91 Å². The average molecular weight is 164 g/mol. The van der Waals surface area contributed by atoms with Crippen LogP contribution in [0.4, 0.5) is 0 Å². The van der Waals surface area contributed by atoms with E-state index >= 15 is 0 Å². The Hall–Kier alpha value is -0.690. The van der Waals surface area contributed by atoms with Gasteiger partial charge >= 0.3 is 0 Å². The highest BCUT2D eigenvalue weighted by atomic mass is 32.1. The summed E-state index contributed by atoms with van der Waals surface area (Å²) in [7, 11) is 0. The largest absolute Gasteiger partial charge is 0.143 e. The lowest BCUT2D eigenvalue weighted by Gasteiger charge is -1.99. The second-order valence-electron chi connectivity index (χ2n) is 2.54. The van der Waals surface area contributed by atoms with Gasteiger partial charge in [-0.3, -0.25) is 0 Å². The lowest BCUT2D eigenvalue weighted by Crippen LogP contribution is -1.76. The molecule has 0 aromatic heterocycles. The summed E-state index contributed by atoms with van der Waals surface area (Å²) in [6.07, 6.45) is 1.99. The molecule has 0 aliphatic rings. The third-order valence-corrected chi connectivity index (χ3v) is 2.14. The summed E-state index contributed by atoms with van der Waals surface area (Å²) in [4.78, 5) is 1.03. The highest BCUT2D eigenvalue weighted by Gasteiger charge is 1.92. The maximum Gasteiger partial charge on any atom is 0.00697 e. The Kier molecular flexibility index (Phi) is 2.77. The first-order valence-electron chi connectivity index (χ1n) is 3.66. The highest BCUT2D eigenvalue weighted by Crippen LogP contribution is 2.17. The van der Waals surface area contributed by atoms with Crippen LogP contribution in [0, 0.1) is 6.92 Å². The van der Waals surface area contributed by atoms with Crippen LogP contribution in [0.25, 0.3) is 4.91 Å². The number of allylic oxidation sites excluding steroid dienone is 1. The van der Waals surface area contributed by atoms with Gasteiger partial charge in [0.1, 0.15) is 0 Å². The van der Waals surface area contributed by atoms with Gasteiger partial charge in [0.25, 0.3) is 0 Å². The molecule has 0 fully saturated rings. The van der Waals surface area contributed by atoms with Gasteiger partial charge in [0.2, 0.25) is 0 Å². The van der Waals surface area contributed by atoms with Gasteiger partial charge in [0.05, 0.1) is 0 Å². The fourth-order valence-electron chi connectivity index (χ4n) is 0.891. The Morgan fingerprint density at radius 3 is 2.27 bits per heavy atom. The Balaban J connectivity index is 2.99. The Morgan fingerprint density at radius 1 is 1.27 bits per heavy atom. The van der Waals surface area contributed by atoms with Crippen molar-refractivity contribution >= 4 is 17.5 Å². The molecule has 0 saturated carbocycles. The average Bonchev–Trinajstić information content (AvgIpc) is 2.05. The minimum atomic E-state index is 1.03. The molecule has 0 amide bonds. The van der Waals surface area contributed by atoms with Gasteiger partial charge in [-0.05, 0) is 19.4 Å². The molecule has 1 aromatic rings. The second-order valence-corrected chi connectivity index (χ2v) is 3.02. The molecule has 0 spiro atoms. The van der Waals surface area contributed by atoms with Crippen LogP contribution in [0.15, 0.2) is 30.3 Å². The molecule has 58 valence electrons. The van der Waals surface area contributed by atoms with Crippen molar-refractivity contribution in [2.24, 2.45) is 0 Å². The van der Waals surface area contributed by atoms with Crippen LogP contribution < -0.4 is 0 Å². The molecule has 0 aliphatic carbocycles. The summed E-state index contributed by atoms with van der Waals surface area (Å²) >= 11 is 4.31. The van der Waals surface area contributed by atoms with E-state index in [1.165, 1.54) is 11.1 Å². The van der Waals surface area contributed by atoms with E-state index in [4.69, 9.17) is 0 Å². The van der Waals surface area contributed by atoms with Crippen molar-refractivity contribution in [3.8, 4) is 0 Å². The van der Waals surface area contributed by atoms with Crippen molar-refractivity contribution in [1.82, 2.24) is 0 Å². The van der Waals surface area contributed by atoms with E-state index in [1.807, 2.05) is 13.0 Å². The molecular formula is C10H12S. The molecule has 0 unspecified atom stereocenters. The lowest BCUT2D eigenvalue weighted by molar-refractivity contribution is 1.46. The third kappa shape index (κ3) is 2.12. The van der Waals surface area contributed by atoms with Crippen molar-refractivity contribution in [3.63, 3.8) is 0 Å². The van der Waals surface area contributed by atoms with E-state index in [0.29, 0.717) is 0 Å². The number of thiol groups is 1. The first-order valence-corrected chi connectivity index (χ1v) is 4.11. The summed E-state index contributed by atoms with van der Waals surface area (Å²) in [6, 6.07) is 8.35. The fourth-order valence-corrected chi connectivity index (χ4v) is 1.04. The number of aryl methyl sites for hydroxylation is 1. The molecule has 0 heterocycles. The predicted molar refractivity (Wildman–Crippen MR) is 53.8 cm³/mol. The first kappa shape index (κ1) is 8.41. The summed E-state index contributed by atoms with van der Waals surface area (Å²) in [5.41, 5.74) is 2.47. The minimum absolute atomic E-state index is 1.03. The summed E-state index contributed by atoms with van der Waals surface area (Å²) < 4.78 is 0. The zero-order valence-electron chi connectivity index (χ0n) is 6.83. The van der Waals surface area contributed by atoms with Crippen molar-refractivity contribution in [2.45, 2.75) is 13.8 Å². The summed E-state index contributed by atoms with van der Waals surface area (Å²) in [6.45, 7) is 4.07. The molecule has 1 rings (SSSR count). The van der Waals surface area contributed by atoms with Crippen molar-refractivity contribution in [3.05, 3.63) is 41.5 Å². The van der Waals surface area contributed by atoms with Crippen LogP contribution in [0.1, 0.15) is 18.1 Å². The van der Waals surface area contributed by atoms with Gasteiger partial charge < -0.3 is 0 Å². The maximum atomic E-state index is 4.31. The van der Waals surface area contributed by atoms with E-state index in [0.717, 1.165) is 4.91 Å². The molecule has 0 aliphatic heterocycles. The molecule has 0 N–H and O–H groups in total. The molecule has 1 aromatic carbocycles.